The lowest BCUT2D eigenvalue weighted by atomic mass is 9.97. The second-order valence-electron chi connectivity index (χ2n) is 6.68. The number of H-pyrrole nitrogens is 1. The zero-order valence-corrected chi connectivity index (χ0v) is 16.1. The van der Waals surface area contributed by atoms with Gasteiger partial charge in [-0.25, -0.2) is 4.98 Å². The quantitative estimate of drug-likeness (QED) is 0.689. The molecule has 1 aromatic heterocycles. The van der Waals surface area contributed by atoms with Crippen molar-refractivity contribution in [1.29, 1.82) is 0 Å². The zero-order chi connectivity index (χ0) is 18.8. The number of nitrogens with one attached hydrogen (secondary N) is 1. The lowest BCUT2D eigenvalue weighted by Gasteiger charge is -2.31. The number of hydrogen-bond donors (Lipinski definition) is 1. The average Bonchev–Trinajstić information content (AvgIpc) is 3.13. The van der Waals surface area contributed by atoms with Crippen molar-refractivity contribution in [2.75, 3.05) is 19.7 Å². The van der Waals surface area contributed by atoms with Gasteiger partial charge in [0.25, 0.3) is 5.91 Å². The number of ether oxygens (including phenoxy) is 1. The van der Waals surface area contributed by atoms with E-state index < -0.39 is 0 Å². The van der Waals surface area contributed by atoms with E-state index >= 15 is 0 Å². The molecule has 1 unspecified atom stereocenters. The highest BCUT2D eigenvalue weighted by Crippen LogP contribution is 2.28. The number of imidazole rings is 1. The molecule has 1 aliphatic heterocycles. The first-order chi connectivity index (χ1) is 13.1. The number of likely N-dealkylation sites (tertiary alicyclic amines) is 1. The molecule has 3 aromatic rings. The van der Waals surface area contributed by atoms with E-state index in [-0.39, 0.29) is 18.4 Å². The Morgan fingerprint density at radius 1 is 1.22 bits per heavy atom. The largest absolute Gasteiger partial charge is 0.484 e. The van der Waals surface area contributed by atoms with Crippen LogP contribution in [0, 0.1) is 0 Å². The molecule has 0 radical (unpaired) electrons. The minimum atomic E-state index is -0.0399. The molecule has 7 heteroatoms. The van der Waals surface area contributed by atoms with Gasteiger partial charge in [0.15, 0.2) is 6.61 Å². The van der Waals surface area contributed by atoms with Gasteiger partial charge in [-0.1, -0.05) is 35.3 Å². The Balaban J connectivity index is 1.39. The number of nitrogens with zero attached hydrogens (tertiary/aromatic N) is 2. The van der Waals surface area contributed by atoms with Crippen LogP contribution in [0.4, 0.5) is 0 Å². The molecule has 0 bridgehead atoms. The van der Waals surface area contributed by atoms with E-state index in [1.54, 1.807) is 18.2 Å². The number of aromatic nitrogens is 2. The van der Waals surface area contributed by atoms with Crippen LogP contribution in [0.2, 0.25) is 10.0 Å². The number of rotatable bonds is 4. The first-order valence-electron chi connectivity index (χ1n) is 8.90. The number of carbonyl (C=O) groups excluding carboxylic acids is 1. The number of benzene rings is 2. The van der Waals surface area contributed by atoms with Crippen molar-refractivity contribution in [2.24, 2.45) is 0 Å². The van der Waals surface area contributed by atoms with Gasteiger partial charge < -0.3 is 14.6 Å². The number of amides is 1. The average molecular weight is 404 g/mol. The molecule has 1 aliphatic rings. The number of para-hydroxylation sites is 2. The highest BCUT2D eigenvalue weighted by Gasteiger charge is 2.27. The second-order valence-corrected chi connectivity index (χ2v) is 7.50. The van der Waals surface area contributed by atoms with E-state index in [2.05, 4.69) is 9.97 Å². The summed E-state index contributed by atoms with van der Waals surface area (Å²) >= 11 is 11.9. The van der Waals surface area contributed by atoms with Crippen molar-refractivity contribution < 1.29 is 9.53 Å². The number of carbonyl (C=O) groups is 1. The van der Waals surface area contributed by atoms with Crippen LogP contribution in [0.1, 0.15) is 24.6 Å². The predicted octanol–water partition coefficient (Wildman–Crippen LogP) is 4.65. The topological polar surface area (TPSA) is 58.2 Å². The van der Waals surface area contributed by atoms with Crippen molar-refractivity contribution in [3.05, 3.63) is 58.3 Å². The van der Waals surface area contributed by atoms with Gasteiger partial charge in [0.05, 0.1) is 21.1 Å². The summed E-state index contributed by atoms with van der Waals surface area (Å²) in [5.74, 6) is 1.64. The maximum Gasteiger partial charge on any atom is 0.260 e. The summed E-state index contributed by atoms with van der Waals surface area (Å²) < 4.78 is 5.59. The molecule has 1 N–H and O–H groups in total. The molecule has 1 atom stereocenters. The van der Waals surface area contributed by atoms with E-state index in [9.17, 15) is 4.79 Å². The van der Waals surface area contributed by atoms with Crippen LogP contribution >= 0.6 is 23.2 Å². The summed E-state index contributed by atoms with van der Waals surface area (Å²) in [6.45, 7) is 1.36. The summed E-state index contributed by atoms with van der Waals surface area (Å²) in [5.41, 5.74) is 1.98. The summed E-state index contributed by atoms with van der Waals surface area (Å²) in [6.07, 6.45) is 1.96. The maximum atomic E-state index is 12.6. The fraction of sp³-hybridized carbons (Fsp3) is 0.300. The van der Waals surface area contributed by atoms with Crippen molar-refractivity contribution in [3.8, 4) is 5.75 Å². The summed E-state index contributed by atoms with van der Waals surface area (Å²) in [4.78, 5) is 22.5. The summed E-state index contributed by atoms with van der Waals surface area (Å²) in [5, 5.41) is 0.865. The molecule has 0 aliphatic carbocycles. The third-order valence-corrected chi connectivity index (χ3v) is 5.56. The molecular formula is C20H19Cl2N3O2. The third-order valence-electron chi connectivity index (χ3n) is 4.82. The normalized spacial score (nSPS) is 17.3. The molecule has 0 spiro atoms. The van der Waals surface area contributed by atoms with Crippen molar-refractivity contribution in [3.63, 3.8) is 0 Å². The fourth-order valence-corrected chi connectivity index (χ4v) is 3.68. The Labute approximate surface area is 167 Å². The van der Waals surface area contributed by atoms with Gasteiger partial charge >= 0.3 is 0 Å². The van der Waals surface area contributed by atoms with Gasteiger partial charge in [-0.15, -0.1) is 0 Å². The van der Waals surface area contributed by atoms with Crippen LogP contribution < -0.4 is 4.74 Å². The Hall–Kier alpha value is -2.24. The molecule has 2 aromatic carbocycles. The molecule has 2 heterocycles. The highest BCUT2D eigenvalue weighted by atomic mass is 35.5. The van der Waals surface area contributed by atoms with E-state index in [1.165, 1.54) is 0 Å². The van der Waals surface area contributed by atoms with Crippen molar-refractivity contribution in [1.82, 2.24) is 14.9 Å². The Morgan fingerprint density at radius 3 is 2.89 bits per heavy atom. The molecule has 140 valence electrons. The standard InChI is InChI=1S/C20H19Cl2N3O2/c21-15-8-7-14(10-16(15)22)27-12-19(26)25-9-3-4-13(11-25)20-23-17-5-1-2-6-18(17)24-20/h1-2,5-8,10,13H,3-4,9,11-12H2,(H,23,24). The van der Waals surface area contributed by atoms with Crippen molar-refractivity contribution >= 4 is 40.1 Å². The fourth-order valence-electron chi connectivity index (χ4n) is 3.40. The lowest BCUT2D eigenvalue weighted by Crippen LogP contribution is -2.41. The molecular weight excluding hydrogens is 385 g/mol. The molecule has 4 rings (SSSR count). The van der Waals surface area contributed by atoms with Gasteiger partial charge in [-0.2, -0.15) is 0 Å². The number of halogens is 2. The smallest absolute Gasteiger partial charge is 0.260 e. The van der Waals surface area contributed by atoms with Gasteiger partial charge in [-0.3, -0.25) is 4.79 Å². The molecule has 0 saturated carbocycles. The van der Waals surface area contributed by atoms with E-state index in [0.717, 1.165) is 36.2 Å². The van der Waals surface area contributed by atoms with Gasteiger partial charge in [0.2, 0.25) is 0 Å². The van der Waals surface area contributed by atoms with Crippen LogP contribution in [-0.2, 0) is 4.79 Å². The minimum Gasteiger partial charge on any atom is -0.484 e. The first kappa shape index (κ1) is 18.1. The van der Waals surface area contributed by atoms with Gasteiger partial charge in [0.1, 0.15) is 11.6 Å². The lowest BCUT2D eigenvalue weighted by molar-refractivity contribution is -0.134. The van der Waals surface area contributed by atoms with Crippen LogP contribution in [0.3, 0.4) is 0 Å². The van der Waals surface area contributed by atoms with Gasteiger partial charge in [-0.05, 0) is 37.1 Å². The SMILES string of the molecule is O=C(COc1ccc(Cl)c(Cl)c1)N1CCCC(c2nc3ccccc3[nH]2)C1. The zero-order valence-electron chi connectivity index (χ0n) is 14.6. The Kier molecular flexibility index (Phi) is 5.23. The van der Waals surface area contributed by atoms with Gasteiger partial charge in [0, 0.05) is 25.1 Å². The predicted molar refractivity (Wildman–Crippen MR) is 107 cm³/mol. The minimum absolute atomic E-state index is 0.0230. The highest BCUT2D eigenvalue weighted by molar-refractivity contribution is 6.42. The van der Waals surface area contributed by atoms with E-state index in [1.807, 2.05) is 29.2 Å². The monoisotopic (exact) mass is 403 g/mol. The summed E-state index contributed by atoms with van der Waals surface area (Å²) in [6, 6.07) is 12.9. The number of aromatic amines is 1. The first-order valence-corrected chi connectivity index (χ1v) is 9.66. The number of piperidine rings is 1. The number of fused-ring (bicyclic) bond motifs is 1. The van der Waals surface area contributed by atoms with E-state index in [0.29, 0.717) is 22.3 Å². The van der Waals surface area contributed by atoms with Crippen LogP contribution in [0.25, 0.3) is 11.0 Å². The Morgan fingerprint density at radius 2 is 2.07 bits per heavy atom. The maximum absolute atomic E-state index is 12.6. The molecule has 1 saturated heterocycles. The van der Waals surface area contributed by atoms with Crippen LogP contribution in [-0.4, -0.2) is 40.5 Å². The summed E-state index contributed by atoms with van der Waals surface area (Å²) in [7, 11) is 0. The second kappa shape index (κ2) is 7.79. The molecule has 5 nitrogen and oxygen atoms in total. The Bertz CT molecular complexity index is 940. The third kappa shape index (κ3) is 4.04. The molecule has 1 fully saturated rings. The molecule has 27 heavy (non-hydrogen) atoms. The molecule has 1 amide bonds. The van der Waals surface area contributed by atoms with Crippen LogP contribution in [0.15, 0.2) is 42.5 Å². The van der Waals surface area contributed by atoms with Crippen LogP contribution in [0.5, 0.6) is 5.75 Å². The number of hydrogen-bond acceptors (Lipinski definition) is 3. The van der Waals surface area contributed by atoms with Crippen molar-refractivity contribution in [2.45, 2.75) is 18.8 Å². The van der Waals surface area contributed by atoms with E-state index in [4.69, 9.17) is 27.9 Å².